The van der Waals surface area contributed by atoms with Crippen LogP contribution in [0.15, 0.2) is 36.7 Å². The molecule has 28 heavy (non-hydrogen) atoms. The summed E-state index contributed by atoms with van der Waals surface area (Å²) in [6.07, 6.45) is 4.07. The largest absolute Gasteiger partial charge is 0.356 e. The van der Waals surface area contributed by atoms with E-state index in [1.54, 1.807) is 6.33 Å². The second-order valence-electron chi connectivity index (χ2n) is 6.74. The van der Waals surface area contributed by atoms with E-state index in [9.17, 15) is 14.0 Å². The zero-order valence-electron chi connectivity index (χ0n) is 15.8. The maximum Gasteiger partial charge on any atom is 0.251 e. The minimum atomic E-state index is -0.409. The smallest absolute Gasteiger partial charge is 0.251 e. The summed E-state index contributed by atoms with van der Waals surface area (Å²) < 4.78 is 12.9. The fraction of sp³-hybridized carbons (Fsp3) is 0.400. The van der Waals surface area contributed by atoms with E-state index in [1.807, 2.05) is 6.07 Å². The number of benzene rings is 1. The van der Waals surface area contributed by atoms with Crippen LogP contribution in [-0.4, -0.2) is 47.5 Å². The van der Waals surface area contributed by atoms with Crippen LogP contribution in [0.25, 0.3) is 0 Å². The van der Waals surface area contributed by atoms with Crippen molar-refractivity contribution in [2.45, 2.75) is 32.2 Å². The van der Waals surface area contributed by atoms with E-state index >= 15 is 0 Å². The van der Waals surface area contributed by atoms with Crippen molar-refractivity contribution in [1.29, 1.82) is 0 Å². The highest BCUT2D eigenvalue weighted by Crippen LogP contribution is 2.18. The lowest BCUT2D eigenvalue weighted by atomic mass is 10.0. The van der Waals surface area contributed by atoms with Crippen molar-refractivity contribution >= 4 is 17.6 Å². The van der Waals surface area contributed by atoms with Gasteiger partial charge in [0.15, 0.2) is 0 Å². The molecule has 2 heterocycles. The van der Waals surface area contributed by atoms with Crippen LogP contribution in [0.5, 0.6) is 0 Å². The molecule has 1 fully saturated rings. The number of aryl methyl sites for hydroxylation is 1. The van der Waals surface area contributed by atoms with E-state index in [1.165, 1.54) is 24.3 Å². The summed E-state index contributed by atoms with van der Waals surface area (Å²) in [6, 6.07) is 7.27. The molecule has 0 atom stereocenters. The van der Waals surface area contributed by atoms with Crippen LogP contribution in [0.1, 0.15) is 35.8 Å². The van der Waals surface area contributed by atoms with Crippen molar-refractivity contribution < 1.29 is 14.0 Å². The van der Waals surface area contributed by atoms with E-state index in [-0.39, 0.29) is 18.5 Å². The minimum absolute atomic E-state index is 0.0685. The van der Waals surface area contributed by atoms with Gasteiger partial charge in [-0.15, -0.1) is 0 Å². The molecule has 8 heteroatoms. The zero-order chi connectivity index (χ0) is 19.9. The van der Waals surface area contributed by atoms with Gasteiger partial charge in [0.1, 0.15) is 18.0 Å². The number of nitrogens with one attached hydrogen (secondary N) is 2. The molecule has 0 unspecified atom stereocenters. The molecule has 3 rings (SSSR count). The molecule has 1 saturated heterocycles. The minimum Gasteiger partial charge on any atom is -0.356 e. The summed E-state index contributed by atoms with van der Waals surface area (Å²) in [5.41, 5.74) is 1.33. The molecule has 2 aromatic rings. The summed E-state index contributed by atoms with van der Waals surface area (Å²) in [5, 5.41) is 5.51. The lowest BCUT2D eigenvalue weighted by Crippen LogP contribution is -2.47. The summed E-state index contributed by atoms with van der Waals surface area (Å²) in [4.78, 5) is 34.8. The molecule has 0 radical (unpaired) electrons. The number of nitrogens with zero attached hydrogens (tertiary/aromatic N) is 3. The standard InChI is InChI=1S/C20H24FN5O2/c1-2-16-11-18(24-13-23-16)26-9-7-17(8-10-26)25-19(27)12-22-20(28)14-3-5-15(21)6-4-14/h3-6,11,13,17H,2,7-10,12H2,1H3,(H,22,28)(H,25,27). The van der Waals surface area contributed by atoms with Gasteiger partial charge >= 0.3 is 0 Å². The Hall–Kier alpha value is -3.03. The third-order valence-corrected chi connectivity index (χ3v) is 4.77. The second-order valence-corrected chi connectivity index (χ2v) is 6.74. The van der Waals surface area contributed by atoms with Crippen LogP contribution in [0.3, 0.4) is 0 Å². The van der Waals surface area contributed by atoms with Gasteiger partial charge in [0.25, 0.3) is 5.91 Å². The van der Waals surface area contributed by atoms with E-state index < -0.39 is 11.7 Å². The van der Waals surface area contributed by atoms with Gasteiger partial charge < -0.3 is 15.5 Å². The molecule has 7 nitrogen and oxygen atoms in total. The molecule has 2 amide bonds. The van der Waals surface area contributed by atoms with Crippen LogP contribution >= 0.6 is 0 Å². The van der Waals surface area contributed by atoms with Gasteiger partial charge in [0, 0.05) is 36.5 Å². The lowest BCUT2D eigenvalue weighted by Gasteiger charge is -2.33. The van der Waals surface area contributed by atoms with Crippen LogP contribution in [-0.2, 0) is 11.2 Å². The quantitative estimate of drug-likeness (QED) is 0.790. The monoisotopic (exact) mass is 385 g/mol. The maximum absolute atomic E-state index is 12.9. The van der Waals surface area contributed by atoms with Crippen molar-refractivity contribution in [3.05, 3.63) is 53.7 Å². The van der Waals surface area contributed by atoms with Crippen LogP contribution in [0, 0.1) is 5.82 Å². The number of hydrogen-bond acceptors (Lipinski definition) is 5. The third kappa shape index (κ3) is 5.25. The molecule has 1 aliphatic heterocycles. The SMILES string of the molecule is CCc1cc(N2CCC(NC(=O)CNC(=O)c3ccc(F)cc3)CC2)ncn1. The first-order valence-corrected chi connectivity index (χ1v) is 9.44. The third-order valence-electron chi connectivity index (χ3n) is 4.77. The fourth-order valence-electron chi connectivity index (χ4n) is 3.15. The number of hydrogen-bond donors (Lipinski definition) is 2. The molecule has 0 bridgehead atoms. The highest BCUT2D eigenvalue weighted by molar-refractivity contribution is 5.96. The number of anilines is 1. The van der Waals surface area contributed by atoms with Crippen molar-refractivity contribution in [3.63, 3.8) is 0 Å². The first-order valence-electron chi connectivity index (χ1n) is 9.44. The van der Waals surface area contributed by atoms with E-state index in [2.05, 4.69) is 32.4 Å². The summed E-state index contributed by atoms with van der Waals surface area (Å²) in [6.45, 7) is 3.55. The van der Waals surface area contributed by atoms with E-state index in [4.69, 9.17) is 0 Å². The first-order chi connectivity index (χ1) is 13.5. The maximum atomic E-state index is 12.9. The number of piperidine rings is 1. The highest BCUT2D eigenvalue weighted by Gasteiger charge is 2.22. The molecule has 0 aliphatic carbocycles. The molecule has 0 saturated carbocycles. The number of rotatable bonds is 6. The number of halogens is 1. The number of aromatic nitrogens is 2. The van der Waals surface area contributed by atoms with Gasteiger partial charge in [-0.05, 0) is 43.5 Å². The van der Waals surface area contributed by atoms with Crippen molar-refractivity contribution in [2.24, 2.45) is 0 Å². The Morgan fingerprint density at radius 2 is 1.89 bits per heavy atom. The highest BCUT2D eigenvalue weighted by atomic mass is 19.1. The zero-order valence-corrected chi connectivity index (χ0v) is 15.8. The van der Waals surface area contributed by atoms with Crippen molar-refractivity contribution in [1.82, 2.24) is 20.6 Å². The average Bonchev–Trinajstić information content (AvgIpc) is 2.73. The Labute approximate surface area is 163 Å². The van der Waals surface area contributed by atoms with Gasteiger partial charge in [-0.2, -0.15) is 0 Å². The predicted molar refractivity (Wildman–Crippen MR) is 104 cm³/mol. The van der Waals surface area contributed by atoms with Crippen LogP contribution in [0.4, 0.5) is 10.2 Å². The predicted octanol–water partition coefficient (Wildman–Crippen LogP) is 1.69. The van der Waals surface area contributed by atoms with E-state index in [0.29, 0.717) is 5.56 Å². The molecular weight excluding hydrogens is 361 g/mol. The van der Waals surface area contributed by atoms with Gasteiger partial charge in [-0.3, -0.25) is 9.59 Å². The Morgan fingerprint density at radius 3 is 2.57 bits per heavy atom. The van der Waals surface area contributed by atoms with Gasteiger partial charge in [0.05, 0.1) is 6.54 Å². The number of amides is 2. The molecule has 1 aromatic heterocycles. The number of carbonyl (C=O) groups excluding carboxylic acids is 2. The van der Waals surface area contributed by atoms with E-state index in [0.717, 1.165) is 43.9 Å². The Bertz CT molecular complexity index is 820. The Morgan fingerprint density at radius 1 is 1.18 bits per heavy atom. The topological polar surface area (TPSA) is 87.2 Å². The van der Waals surface area contributed by atoms with Crippen molar-refractivity contribution in [3.8, 4) is 0 Å². The molecule has 1 aromatic carbocycles. The molecule has 2 N–H and O–H groups in total. The average molecular weight is 385 g/mol. The second kappa shape index (κ2) is 9.25. The molecule has 1 aliphatic rings. The summed E-state index contributed by atoms with van der Waals surface area (Å²) in [7, 11) is 0. The summed E-state index contributed by atoms with van der Waals surface area (Å²) in [5.74, 6) is -0.124. The lowest BCUT2D eigenvalue weighted by molar-refractivity contribution is -0.120. The van der Waals surface area contributed by atoms with Crippen molar-refractivity contribution in [2.75, 3.05) is 24.5 Å². The molecule has 0 spiro atoms. The summed E-state index contributed by atoms with van der Waals surface area (Å²) >= 11 is 0. The first kappa shape index (κ1) is 19.7. The van der Waals surface area contributed by atoms with Gasteiger partial charge in [-0.25, -0.2) is 14.4 Å². The number of carbonyl (C=O) groups is 2. The molecule has 148 valence electrons. The van der Waals surface area contributed by atoms with Gasteiger partial charge in [-0.1, -0.05) is 6.92 Å². The molecular formula is C20H24FN5O2. The van der Waals surface area contributed by atoms with Crippen LogP contribution in [0.2, 0.25) is 0 Å². The Balaban J connectivity index is 1.42. The Kier molecular flexibility index (Phi) is 6.52. The van der Waals surface area contributed by atoms with Gasteiger partial charge in [0.2, 0.25) is 5.91 Å². The normalized spacial score (nSPS) is 14.6. The van der Waals surface area contributed by atoms with Crippen LogP contribution < -0.4 is 15.5 Å². The fourth-order valence-corrected chi connectivity index (χ4v) is 3.15.